The van der Waals surface area contributed by atoms with Crippen molar-refractivity contribution in [3.63, 3.8) is 0 Å². The molecule has 0 bridgehead atoms. The molecule has 0 aliphatic carbocycles. The molecule has 0 atom stereocenters. The minimum Gasteiger partial charge on any atom is -0.456 e. The number of anilines is 3. The Morgan fingerprint density at radius 2 is 1.02 bits per heavy atom. The summed E-state index contributed by atoms with van der Waals surface area (Å²) in [5.41, 5.74) is 1.35. The molecule has 0 radical (unpaired) electrons. The summed E-state index contributed by atoms with van der Waals surface area (Å²) in [7, 11) is 0. The highest BCUT2D eigenvalue weighted by molar-refractivity contribution is 6.18. The van der Waals surface area contributed by atoms with Crippen LogP contribution in [0.1, 0.15) is 67.1 Å². The van der Waals surface area contributed by atoms with E-state index in [0.29, 0.717) is 0 Å². The summed E-state index contributed by atoms with van der Waals surface area (Å²) in [6.07, 6.45) is 0. The van der Waals surface area contributed by atoms with E-state index in [2.05, 4.69) is 0 Å². The molecule has 0 aliphatic rings. The van der Waals surface area contributed by atoms with E-state index >= 15 is 0 Å². The minimum atomic E-state index is -0.575. The second-order valence-electron chi connectivity index (χ2n) is 11.6. The molecular weight excluding hydrogens is 550 g/mol. The van der Waals surface area contributed by atoms with Crippen molar-refractivity contribution in [2.24, 2.45) is 0 Å². The highest BCUT2D eigenvalue weighted by Crippen LogP contribution is 2.47. The third-order valence-electron chi connectivity index (χ3n) is 7.98. The third kappa shape index (κ3) is 4.58. The van der Waals surface area contributed by atoms with Gasteiger partial charge in [-0.15, -0.1) is 0 Å². The molecule has 0 aliphatic heterocycles. The molecular formula is C42H35NO2. The van der Waals surface area contributed by atoms with Crippen molar-refractivity contribution in [3.8, 4) is 11.1 Å². The number of hydrogen-bond donors (Lipinski definition) is 0. The Balaban J connectivity index is 1.63. The van der Waals surface area contributed by atoms with Crippen molar-refractivity contribution in [3.05, 3.63) is 138 Å². The molecule has 2 heterocycles. The molecule has 0 amide bonds. The van der Waals surface area contributed by atoms with Crippen molar-refractivity contribution in [1.29, 1.82) is 0 Å². The predicted octanol–water partition coefficient (Wildman–Crippen LogP) is 12.9. The number of fused-ring (bicyclic) bond motifs is 6. The van der Waals surface area contributed by atoms with E-state index in [1.54, 1.807) is 39.8 Å². The summed E-state index contributed by atoms with van der Waals surface area (Å²) < 4.78 is 122. The fraction of sp³-hybridized carbons (Fsp3) is 0.143. The number of hydrogen-bond acceptors (Lipinski definition) is 3. The van der Waals surface area contributed by atoms with Gasteiger partial charge in [0.25, 0.3) is 0 Å². The van der Waals surface area contributed by atoms with Crippen LogP contribution in [0.15, 0.2) is 136 Å². The number of nitrogens with zero attached hydrogens (tertiary/aromatic N) is 1. The predicted molar refractivity (Wildman–Crippen MR) is 189 cm³/mol. The van der Waals surface area contributed by atoms with E-state index in [4.69, 9.17) is 19.8 Å². The molecule has 0 N–H and O–H groups in total. The van der Waals surface area contributed by atoms with Crippen molar-refractivity contribution in [1.82, 2.24) is 0 Å². The monoisotopic (exact) mass is 597 g/mol. The molecule has 3 heteroatoms. The Morgan fingerprint density at radius 3 is 1.51 bits per heavy atom. The van der Waals surface area contributed by atoms with Crippen molar-refractivity contribution >= 4 is 60.9 Å². The second-order valence-corrected chi connectivity index (χ2v) is 11.6. The quantitative estimate of drug-likeness (QED) is 0.191. The van der Waals surface area contributed by atoms with Gasteiger partial charge >= 0.3 is 0 Å². The molecule has 0 saturated carbocycles. The molecule has 6 aromatic carbocycles. The largest absolute Gasteiger partial charge is 0.456 e. The van der Waals surface area contributed by atoms with Crippen molar-refractivity contribution in [2.45, 2.75) is 39.5 Å². The molecule has 0 fully saturated rings. The van der Waals surface area contributed by atoms with E-state index in [1.165, 1.54) is 4.90 Å². The molecule has 45 heavy (non-hydrogen) atoms. The fourth-order valence-electron chi connectivity index (χ4n) is 5.62. The molecule has 3 nitrogen and oxygen atoms in total. The van der Waals surface area contributed by atoms with E-state index < -0.39 is 36.3 Å². The lowest BCUT2D eigenvalue weighted by Crippen LogP contribution is -2.10. The van der Waals surface area contributed by atoms with Crippen LogP contribution in [0.3, 0.4) is 0 Å². The first kappa shape index (κ1) is 17.3. The lowest BCUT2D eigenvalue weighted by molar-refractivity contribution is 0.668. The SMILES string of the molecule is [2H]c1c(C(C)C)c([2H])c2c(oc3c([2H])c([2H])c([2H])c(N(c4ccc(-c5ccccc5)cc4)c4c([2H])c([2H])c([2H])c5oc6c([2H])c([2H])c(C(C)C)c([2H])c6c45)c32)c1[2H]. The standard InChI is InChI=1S/C42H35NO2/c1-26(2)30-18-22-37-33(24-30)41-35(12-8-14-39(41)44-37)43(32-20-16-29(17-21-32)28-10-6-5-7-11-28)36-13-9-15-40-42(36)34-25-31(27(3)4)19-23-38(34)45-40/h5-27H,1-4H3/i8D,9D,12D,13D,14D,15D,18D,19D,22D,23D,24D,25D. The maximum absolute atomic E-state index is 9.54. The van der Waals surface area contributed by atoms with Gasteiger partial charge < -0.3 is 13.7 Å². The van der Waals surface area contributed by atoms with Gasteiger partial charge in [-0.1, -0.05) is 94.3 Å². The first-order valence-electron chi connectivity index (χ1n) is 20.9. The first-order valence-corrected chi connectivity index (χ1v) is 14.9. The van der Waals surface area contributed by atoms with Gasteiger partial charge in [-0.05, 0) is 94.6 Å². The molecule has 8 aromatic rings. The van der Waals surface area contributed by atoms with Crippen LogP contribution in [0.25, 0.3) is 55.0 Å². The lowest BCUT2D eigenvalue weighted by atomic mass is 9.98. The number of furan rings is 2. The normalized spacial score (nSPS) is 15.7. The summed E-state index contributed by atoms with van der Waals surface area (Å²) in [6.45, 7) is 7.14. The highest BCUT2D eigenvalue weighted by atomic mass is 16.3. The van der Waals surface area contributed by atoms with Crippen LogP contribution < -0.4 is 4.90 Å². The summed E-state index contributed by atoms with van der Waals surface area (Å²) in [5.74, 6) is -0.762. The van der Waals surface area contributed by atoms with Crippen LogP contribution >= 0.6 is 0 Å². The smallest absolute Gasteiger partial charge is 0.137 e. The van der Waals surface area contributed by atoms with Gasteiger partial charge in [-0.3, -0.25) is 0 Å². The summed E-state index contributed by atoms with van der Waals surface area (Å²) in [5, 5.41) is 0.0373. The van der Waals surface area contributed by atoms with Crippen LogP contribution in [-0.4, -0.2) is 0 Å². The second kappa shape index (κ2) is 10.7. The Hall–Kier alpha value is -5.28. The van der Waals surface area contributed by atoms with Crippen LogP contribution in [0.5, 0.6) is 0 Å². The van der Waals surface area contributed by atoms with Crippen molar-refractivity contribution < 1.29 is 25.3 Å². The zero-order valence-corrected chi connectivity index (χ0v) is 25.1. The summed E-state index contributed by atoms with van der Waals surface area (Å²) in [4.78, 5) is 1.42. The zero-order valence-electron chi connectivity index (χ0n) is 37.1. The van der Waals surface area contributed by atoms with E-state index in [0.717, 1.165) is 11.1 Å². The van der Waals surface area contributed by atoms with E-state index in [9.17, 15) is 5.48 Å². The average Bonchev–Trinajstić information content (AvgIpc) is 3.78. The highest BCUT2D eigenvalue weighted by Gasteiger charge is 2.23. The van der Waals surface area contributed by atoms with Crippen LogP contribution in [0, 0.1) is 0 Å². The van der Waals surface area contributed by atoms with Crippen LogP contribution in [0.2, 0.25) is 0 Å². The molecule has 0 spiro atoms. The first-order chi connectivity index (χ1) is 27.0. The molecule has 8 rings (SSSR count). The average molecular weight is 598 g/mol. The van der Waals surface area contributed by atoms with Gasteiger partial charge in [0.05, 0.1) is 38.6 Å². The Morgan fingerprint density at radius 1 is 0.533 bits per heavy atom. The van der Waals surface area contributed by atoms with Gasteiger partial charge in [0, 0.05) is 16.5 Å². The fourth-order valence-corrected chi connectivity index (χ4v) is 5.62. The van der Waals surface area contributed by atoms with Crippen molar-refractivity contribution in [2.75, 3.05) is 4.90 Å². The lowest BCUT2D eigenvalue weighted by Gasteiger charge is -2.27. The Bertz CT molecular complexity index is 2830. The van der Waals surface area contributed by atoms with E-state index in [-0.39, 0.29) is 120 Å². The maximum atomic E-state index is 9.54. The number of rotatable bonds is 6. The molecule has 220 valence electrons. The third-order valence-corrected chi connectivity index (χ3v) is 7.98. The molecule has 0 saturated heterocycles. The van der Waals surface area contributed by atoms with Gasteiger partial charge in [0.1, 0.15) is 22.3 Å². The molecule has 0 unspecified atom stereocenters. The van der Waals surface area contributed by atoms with Gasteiger partial charge in [-0.2, -0.15) is 0 Å². The minimum absolute atomic E-state index is 0.00559. The number of benzene rings is 6. The van der Waals surface area contributed by atoms with Gasteiger partial charge in [0.15, 0.2) is 0 Å². The molecule has 2 aromatic heterocycles. The van der Waals surface area contributed by atoms with Gasteiger partial charge in [-0.25, -0.2) is 0 Å². The Kier molecular flexibility index (Phi) is 4.11. The van der Waals surface area contributed by atoms with Crippen LogP contribution in [0.4, 0.5) is 17.1 Å². The topological polar surface area (TPSA) is 29.5 Å². The maximum Gasteiger partial charge on any atom is 0.137 e. The van der Waals surface area contributed by atoms with Crippen LogP contribution in [-0.2, 0) is 0 Å². The van der Waals surface area contributed by atoms with E-state index in [1.807, 2.05) is 42.5 Å². The summed E-state index contributed by atoms with van der Waals surface area (Å²) in [6, 6.07) is 11.9. The Labute approximate surface area is 280 Å². The van der Waals surface area contributed by atoms with Gasteiger partial charge in [0.2, 0.25) is 0 Å². The zero-order chi connectivity index (χ0) is 41.1. The summed E-state index contributed by atoms with van der Waals surface area (Å²) >= 11 is 0.